The molecule has 0 spiro atoms. The van der Waals surface area contributed by atoms with Gasteiger partial charge in [-0.05, 0) is 31.7 Å². The normalized spacial score (nSPS) is 18.1. The molecule has 1 aromatic heterocycles. The number of rotatable bonds is 2. The summed E-state index contributed by atoms with van der Waals surface area (Å²) in [4.78, 5) is 9.02. The zero-order valence-electron chi connectivity index (χ0n) is 11.5. The fraction of sp³-hybridized carbons (Fsp3) is 0.533. The lowest BCUT2D eigenvalue weighted by Gasteiger charge is -2.23. The van der Waals surface area contributed by atoms with Crippen LogP contribution in [0.15, 0.2) is 6.07 Å². The van der Waals surface area contributed by atoms with Crippen LogP contribution in [-0.2, 0) is 0 Å². The molecule has 0 amide bonds. The van der Waals surface area contributed by atoms with Gasteiger partial charge in [0, 0.05) is 26.2 Å². The number of hydrogen-bond donors (Lipinski definition) is 0. The molecule has 2 fully saturated rings. The molecule has 0 N–H and O–H groups in total. The van der Waals surface area contributed by atoms with E-state index in [2.05, 4.69) is 26.9 Å². The molecule has 3 heterocycles. The monoisotopic (exact) mass is 267 g/mol. The number of nitrogens with zero attached hydrogens (tertiary/aromatic N) is 5. The Morgan fingerprint density at radius 1 is 0.800 bits per heavy atom. The van der Waals surface area contributed by atoms with E-state index >= 15 is 0 Å². The van der Waals surface area contributed by atoms with Crippen molar-refractivity contribution in [2.45, 2.75) is 25.7 Å². The summed E-state index contributed by atoms with van der Waals surface area (Å²) in [5.74, 6) is 1.51. The third kappa shape index (κ3) is 2.16. The van der Waals surface area contributed by atoms with Crippen molar-refractivity contribution in [1.29, 1.82) is 10.5 Å². The van der Waals surface area contributed by atoms with E-state index in [9.17, 15) is 10.5 Å². The summed E-state index contributed by atoms with van der Waals surface area (Å²) in [5, 5.41) is 18.6. The first-order valence-corrected chi connectivity index (χ1v) is 7.18. The van der Waals surface area contributed by atoms with Crippen molar-refractivity contribution in [3.8, 4) is 12.1 Å². The largest absolute Gasteiger partial charge is 0.355 e. The minimum absolute atomic E-state index is 0.520. The predicted molar refractivity (Wildman–Crippen MR) is 76.6 cm³/mol. The van der Waals surface area contributed by atoms with Crippen LogP contribution in [0.1, 0.15) is 36.8 Å². The summed E-state index contributed by atoms with van der Waals surface area (Å²) in [6, 6.07) is 6.09. The van der Waals surface area contributed by atoms with Crippen LogP contribution in [0.4, 0.5) is 11.6 Å². The van der Waals surface area contributed by atoms with Crippen molar-refractivity contribution in [1.82, 2.24) is 4.98 Å². The van der Waals surface area contributed by atoms with Gasteiger partial charge >= 0.3 is 0 Å². The number of aromatic nitrogens is 1. The third-order valence-corrected chi connectivity index (χ3v) is 4.03. The SMILES string of the molecule is N#Cc1cc(C#N)c(N2CCCC2)nc1N1CCCC1. The Balaban J connectivity index is 2.06. The Morgan fingerprint density at radius 3 is 1.55 bits per heavy atom. The molecule has 102 valence electrons. The minimum atomic E-state index is 0.520. The predicted octanol–water partition coefficient (Wildman–Crippen LogP) is 2.03. The first kappa shape index (κ1) is 12.7. The molecule has 5 nitrogen and oxygen atoms in total. The second-order valence-electron chi connectivity index (χ2n) is 5.34. The number of anilines is 2. The van der Waals surface area contributed by atoms with Gasteiger partial charge in [-0.3, -0.25) is 0 Å². The van der Waals surface area contributed by atoms with Crippen molar-refractivity contribution in [2.75, 3.05) is 36.0 Å². The van der Waals surface area contributed by atoms with E-state index < -0.39 is 0 Å². The van der Waals surface area contributed by atoms with Gasteiger partial charge in [0.2, 0.25) is 0 Å². The number of nitriles is 2. The van der Waals surface area contributed by atoms with Crippen LogP contribution in [0.25, 0.3) is 0 Å². The topological polar surface area (TPSA) is 67.0 Å². The quantitative estimate of drug-likeness (QED) is 0.820. The fourth-order valence-electron chi connectivity index (χ4n) is 3.00. The Kier molecular flexibility index (Phi) is 3.43. The zero-order valence-corrected chi connectivity index (χ0v) is 11.5. The molecular formula is C15H17N5. The van der Waals surface area contributed by atoms with Gasteiger partial charge < -0.3 is 9.80 Å². The molecule has 2 aliphatic heterocycles. The highest BCUT2D eigenvalue weighted by Crippen LogP contribution is 2.30. The first-order chi connectivity index (χ1) is 9.83. The van der Waals surface area contributed by atoms with Gasteiger partial charge in [-0.1, -0.05) is 0 Å². The van der Waals surface area contributed by atoms with E-state index in [1.54, 1.807) is 6.07 Å². The lowest BCUT2D eigenvalue weighted by Crippen LogP contribution is -2.25. The van der Waals surface area contributed by atoms with Crippen LogP contribution < -0.4 is 9.80 Å². The molecule has 0 unspecified atom stereocenters. The summed E-state index contributed by atoms with van der Waals surface area (Å²) in [6.07, 6.45) is 4.58. The second kappa shape index (κ2) is 5.38. The summed E-state index contributed by atoms with van der Waals surface area (Å²) in [5.41, 5.74) is 1.04. The van der Waals surface area contributed by atoms with Crippen molar-refractivity contribution in [3.05, 3.63) is 17.2 Å². The Morgan fingerprint density at radius 2 is 1.20 bits per heavy atom. The molecule has 0 aliphatic carbocycles. The van der Waals surface area contributed by atoms with E-state index in [0.29, 0.717) is 11.1 Å². The minimum Gasteiger partial charge on any atom is -0.355 e. The molecule has 0 saturated carbocycles. The molecule has 1 aromatic rings. The highest BCUT2D eigenvalue weighted by Gasteiger charge is 2.23. The van der Waals surface area contributed by atoms with Gasteiger partial charge in [0.15, 0.2) is 0 Å². The molecular weight excluding hydrogens is 250 g/mol. The number of hydrogen-bond acceptors (Lipinski definition) is 5. The van der Waals surface area contributed by atoms with Crippen LogP contribution in [-0.4, -0.2) is 31.2 Å². The summed E-state index contributed by atoms with van der Waals surface area (Å²) in [6.45, 7) is 3.81. The lowest BCUT2D eigenvalue weighted by atomic mass is 10.1. The molecule has 5 heteroatoms. The standard InChI is InChI=1S/C15H17N5/c16-10-12-9-13(11-17)15(20-7-3-4-8-20)18-14(12)19-5-1-2-6-19/h9H,1-8H2. The van der Waals surface area contributed by atoms with Crippen LogP contribution in [0.3, 0.4) is 0 Å². The van der Waals surface area contributed by atoms with E-state index in [-0.39, 0.29) is 0 Å². The fourth-order valence-corrected chi connectivity index (χ4v) is 3.00. The molecule has 2 aliphatic rings. The van der Waals surface area contributed by atoms with Gasteiger partial charge in [-0.25, -0.2) is 4.98 Å². The Bertz CT molecular complexity index is 534. The van der Waals surface area contributed by atoms with Crippen LogP contribution in [0.5, 0.6) is 0 Å². The molecule has 0 aromatic carbocycles. The number of pyridine rings is 1. The highest BCUT2D eigenvalue weighted by atomic mass is 15.3. The maximum absolute atomic E-state index is 9.32. The molecule has 0 bridgehead atoms. The van der Waals surface area contributed by atoms with Gasteiger partial charge in [0.25, 0.3) is 0 Å². The van der Waals surface area contributed by atoms with Crippen molar-refractivity contribution in [3.63, 3.8) is 0 Å². The van der Waals surface area contributed by atoms with Crippen molar-refractivity contribution < 1.29 is 0 Å². The van der Waals surface area contributed by atoms with Gasteiger partial charge in [-0.2, -0.15) is 10.5 Å². The molecule has 2 saturated heterocycles. The average molecular weight is 267 g/mol. The summed E-state index contributed by atoms with van der Waals surface area (Å²) < 4.78 is 0. The molecule has 0 radical (unpaired) electrons. The lowest BCUT2D eigenvalue weighted by molar-refractivity contribution is 0.895. The van der Waals surface area contributed by atoms with Crippen LogP contribution >= 0.6 is 0 Å². The maximum Gasteiger partial charge on any atom is 0.149 e. The van der Waals surface area contributed by atoms with Gasteiger partial charge in [-0.15, -0.1) is 0 Å². The van der Waals surface area contributed by atoms with E-state index in [0.717, 1.165) is 63.5 Å². The summed E-state index contributed by atoms with van der Waals surface area (Å²) >= 11 is 0. The van der Waals surface area contributed by atoms with Crippen molar-refractivity contribution >= 4 is 11.6 Å². The maximum atomic E-state index is 9.32. The first-order valence-electron chi connectivity index (χ1n) is 7.18. The average Bonchev–Trinajstić information content (AvgIpc) is 3.18. The highest BCUT2D eigenvalue weighted by molar-refractivity contribution is 5.66. The summed E-state index contributed by atoms with van der Waals surface area (Å²) in [7, 11) is 0. The second-order valence-corrected chi connectivity index (χ2v) is 5.34. The van der Waals surface area contributed by atoms with E-state index in [4.69, 9.17) is 0 Å². The zero-order chi connectivity index (χ0) is 13.9. The molecule has 3 rings (SSSR count). The Labute approximate surface area is 119 Å². The third-order valence-electron chi connectivity index (χ3n) is 4.03. The smallest absolute Gasteiger partial charge is 0.149 e. The van der Waals surface area contributed by atoms with Crippen LogP contribution in [0.2, 0.25) is 0 Å². The van der Waals surface area contributed by atoms with Crippen LogP contribution in [0, 0.1) is 22.7 Å². The molecule has 0 atom stereocenters. The molecule has 20 heavy (non-hydrogen) atoms. The van der Waals surface area contributed by atoms with Gasteiger partial charge in [0.1, 0.15) is 23.8 Å². The Hall–Kier alpha value is -2.27. The van der Waals surface area contributed by atoms with E-state index in [1.165, 1.54) is 0 Å². The van der Waals surface area contributed by atoms with Crippen molar-refractivity contribution in [2.24, 2.45) is 0 Å². The van der Waals surface area contributed by atoms with Gasteiger partial charge in [0.05, 0.1) is 11.1 Å². The van der Waals surface area contributed by atoms with E-state index in [1.807, 2.05) is 0 Å².